The Kier molecular flexibility index (Phi) is 9.52. The molecule has 7 nitrogen and oxygen atoms in total. The van der Waals surface area contributed by atoms with Gasteiger partial charge in [-0.3, -0.25) is 14.4 Å². The van der Waals surface area contributed by atoms with Crippen molar-refractivity contribution in [3.63, 3.8) is 0 Å². The maximum atomic E-state index is 14.0. The minimum Gasteiger partial charge on any atom is -0.494 e. The number of nitrogens with zero attached hydrogens (tertiary/aromatic N) is 1. The smallest absolute Gasteiger partial charge is 0.305 e. The number of hydrogen-bond acceptors (Lipinski definition) is 4. The highest BCUT2D eigenvalue weighted by Crippen LogP contribution is 2.33. The molecule has 7 heteroatoms. The van der Waals surface area contributed by atoms with Crippen molar-refractivity contribution in [2.45, 2.75) is 38.6 Å². The van der Waals surface area contributed by atoms with Crippen molar-refractivity contribution in [3.05, 3.63) is 125 Å². The average Bonchev–Trinajstić information content (AvgIpc) is 3.44. The number of hydrogen-bond donors (Lipinski definition) is 2. The normalized spacial score (nSPS) is 13.7. The Balaban J connectivity index is 1.39. The van der Waals surface area contributed by atoms with Gasteiger partial charge in [0.1, 0.15) is 5.75 Å². The average molecular weight is 577 g/mol. The third-order valence-corrected chi connectivity index (χ3v) is 7.85. The number of amides is 2. The van der Waals surface area contributed by atoms with Gasteiger partial charge >= 0.3 is 5.97 Å². The number of carbonyl (C=O) groups excluding carboxylic acids is 2. The molecule has 43 heavy (non-hydrogen) atoms. The molecule has 0 aliphatic heterocycles. The molecule has 4 aromatic carbocycles. The molecule has 2 N–H and O–H groups in total. The Morgan fingerprint density at radius 2 is 1.49 bits per heavy atom. The van der Waals surface area contributed by atoms with Crippen LogP contribution in [-0.4, -0.2) is 47.5 Å². The van der Waals surface area contributed by atoms with Gasteiger partial charge in [-0.1, -0.05) is 72.8 Å². The van der Waals surface area contributed by atoms with Crippen LogP contribution in [0, 0.1) is 0 Å². The number of carbonyl (C=O) groups is 3. The number of aliphatic carboxylic acids is 1. The highest BCUT2D eigenvalue weighted by molar-refractivity contribution is 6.06. The minimum absolute atomic E-state index is 0.0669. The van der Waals surface area contributed by atoms with Crippen LogP contribution in [0.4, 0.5) is 0 Å². The molecule has 0 aromatic heterocycles. The van der Waals surface area contributed by atoms with Crippen LogP contribution >= 0.6 is 0 Å². The van der Waals surface area contributed by atoms with Crippen LogP contribution in [0.15, 0.2) is 97.1 Å². The van der Waals surface area contributed by atoms with Gasteiger partial charge in [-0.15, -0.1) is 0 Å². The van der Waals surface area contributed by atoms with Gasteiger partial charge in [0.05, 0.1) is 19.1 Å². The Labute approximate surface area is 252 Å². The molecule has 220 valence electrons. The fourth-order valence-corrected chi connectivity index (χ4v) is 5.66. The number of carboxylic acids is 1. The van der Waals surface area contributed by atoms with E-state index in [-0.39, 0.29) is 30.8 Å². The summed E-state index contributed by atoms with van der Waals surface area (Å²) in [4.78, 5) is 40.7. The summed E-state index contributed by atoms with van der Waals surface area (Å²) in [6, 6.07) is 30.3. The number of fused-ring (bicyclic) bond motifs is 1. The zero-order valence-electron chi connectivity index (χ0n) is 24.3. The summed E-state index contributed by atoms with van der Waals surface area (Å²) >= 11 is 0. The number of rotatable bonds is 12. The van der Waals surface area contributed by atoms with E-state index in [4.69, 9.17) is 4.74 Å². The zero-order chi connectivity index (χ0) is 30.2. The molecule has 1 aliphatic rings. The second kappa shape index (κ2) is 13.8. The minimum atomic E-state index is -0.970. The number of carboxylic acid groups (broad SMARTS) is 1. The van der Waals surface area contributed by atoms with Gasteiger partial charge in [-0.2, -0.15) is 0 Å². The topological polar surface area (TPSA) is 95.9 Å². The number of aryl methyl sites for hydroxylation is 1. The van der Waals surface area contributed by atoms with Gasteiger partial charge < -0.3 is 20.1 Å². The fourth-order valence-electron chi connectivity index (χ4n) is 5.66. The van der Waals surface area contributed by atoms with Gasteiger partial charge in [0.25, 0.3) is 11.8 Å². The second-order valence-electron chi connectivity index (χ2n) is 10.6. The molecule has 0 fully saturated rings. The fraction of sp³-hybridized carbons (Fsp3) is 0.250. The number of benzene rings is 4. The van der Waals surface area contributed by atoms with Gasteiger partial charge in [0.15, 0.2) is 0 Å². The summed E-state index contributed by atoms with van der Waals surface area (Å²) in [6.45, 7) is 2.92. The van der Waals surface area contributed by atoms with Gasteiger partial charge in [0.2, 0.25) is 0 Å². The predicted molar refractivity (Wildman–Crippen MR) is 166 cm³/mol. The lowest BCUT2D eigenvalue weighted by molar-refractivity contribution is -0.137. The summed E-state index contributed by atoms with van der Waals surface area (Å²) in [7, 11) is 0. The van der Waals surface area contributed by atoms with Crippen LogP contribution in [-0.2, 0) is 17.6 Å². The molecule has 0 saturated carbocycles. The van der Waals surface area contributed by atoms with Crippen molar-refractivity contribution >= 4 is 17.8 Å². The lowest BCUT2D eigenvalue weighted by Gasteiger charge is -2.24. The van der Waals surface area contributed by atoms with Crippen molar-refractivity contribution in [2.75, 3.05) is 19.7 Å². The van der Waals surface area contributed by atoms with Crippen LogP contribution in [0.5, 0.6) is 5.75 Å². The molecule has 0 saturated heterocycles. The lowest BCUT2D eigenvalue weighted by Crippen LogP contribution is -2.35. The molecule has 0 heterocycles. The van der Waals surface area contributed by atoms with E-state index in [0.717, 1.165) is 29.7 Å². The predicted octanol–water partition coefficient (Wildman–Crippen LogP) is 6.33. The van der Waals surface area contributed by atoms with Gasteiger partial charge in [0, 0.05) is 24.2 Å². The number of nitrogens with one attached hydrogen (secondary N) is 1. The highest BCUT2D eigenvalue weighted by Gasteiger charge is 2.26. The lowest BCUT2D eigenvalue weighted by atomic mass is 9.94. The Hall–Kier alpha value is -4.91. The second-order valence-corrected chi connectivity index (χ2v) is 10.6. The first-order valence-electron chi connectivity index (χ1n) is 14.7. The molecule has 1 unspecified atom stereocenters. The molecule has 2 amide bonds. The molecule has 0 spiro atoms. The van der Waals surface area contributed by atoms with Gasteiger partial charge in [-0.25, -0.2) is 0 Å². The third-order valence-electron chi connectivity index (χ3n) is 7.85. The van der Waals surface area contributed by atoms with Crippen molar-refractivity contribution in [2.24, 2.45) is 0 Å². The quantitative estimate of drug-likeness (QED) is 0.206. The summed E-state index contributed by atoms with van der Waals surface area (Å²) in [5, 5.41) is 12.6. The third kappa shape index (κ3) is 7.12. The molecular formula is C36H36N2O5. The maximum Gasteiger partial charge on any atom is 0.305 e. The summed E-state index contributed by atoms with van der Waals surface area (Å²) in [5.41, 5.74) is 5.60. The van der Waals surface area contributed by atoms with Crippen LogP contribution in [0.1, 0.15) is 63.2 Å². The molecule has 4 aromatic rings. The van der Waals surface area contributed by atoms with E-state index in [9.17, 15) is 19.5 Å². The van der Waals surface area contributed by atoms with E-state index in [1.165, 1.54) is 5.56 Å². The molecule has 1 atom stereocenters. The highest BCUT2D eigenvalue weighted by atomic mass is 16.5. The van der Waals surface area contributed by atoms with E-state index >= 15 is 0 Å². The summed E-state index contributed by atoms with van der Waals surface area (Å²) in [6.07, 6.45) is 2.15. The van der Waals surface area contributed by atoms with E-state index in [0.29, 0.717) is 41.8 Å². The summed E-state index contributed by atoms with van der Waals surface area (Å²) in [5.74, 6) is -0.665. The van der Waals surface area contributed by atoms with Crippen molar-refractivity contribution in [1.29, 1.82) is 0 Å². The van der Waals surface area contributed by atoms with E-state index in [1.807, 2.05) is 73.7 Å². The SMILES string of the molecule is CCOc1ccc(CCN(CCC(=O)O)C(=O)c2ccccc2-c2ccccc2C(=O)NC2CCc3ccccc32)cc1. The summed E-state index contributed by atoms with van der Waals surface area (Å²) < 4.78 is 5.52. The monoisotopic (exact) mass is 576 g/mol. The standard InChI is InChI=1S/C36H36N2O5/c1-2-43-27-18-15-25(16-19-27)21-23-38(24-22-34(39)40)36(42)32-14-8-6-12-30(32)29-11-5-7-13-31(29)35(41)37-33-20-17-26-9-3-4-10-28(26)33/h3-16,18-19,33H,2,17,20-24H2,1H3,(H,37,41)(H,39,40). The Morgan fingerprint density at radius 1 is 0.837 bits per heavy atom. The molecular weight excluding hydrogens is 540 g/mol. The molecule has 0 bridgehead atoms. The largest absolute Gasteiger partial charge is 0.494 e. The van der Waals surface area contributed by atoms with Crippen molar-refractivity contribution < 1.29 is 24.2 Å². The van der Waals surface area contributed by atoms with E-state index < -0.39 is 5.97 Å². The first-order valence-corrected chi connectivity index (χ1v) is 14.7. The first-order chi connectivity index (χ1) is 20.9. The van der Waals surface area contributed by atoms with Crippen LogP contribution < -0.4 is 10.1 Å². The van der Waals surface area contributed by atoms with E-state index in [2.05, 4.69) is 17.4 Å². The van der Waals surface area contributed by atoms with Crippen LogP contribution in [0.2, 0.25) is 0 Å². The van der Waals surface area contributed by atoms with Crippen molar-refractivity contribution in [1.82, 2.24) is 10.2 Å². The molecule has 1 aliphatic carbocycles. The Morgan fingerprint density at radius 3 is 2.21 bits per heavy atom. The first kappa shape index (κ1) is 29.6. The molecule has 5 rings (SSSR count). The van der Waals surface area contributed by atoms with Crippen molar-refractivity contribution in [3.8, 4) is 16.9 Å². The Bertz CT molecular complexity index is 1600. The maximum absolute atomic E-state index is 14.0. The number of ether oxygens (including phenoxy) is 1. The molecule has 0 radical (unpaired) electrons. The van der Waals surface area contributed by atoms with Crippen LogP contribution in [0.25, 0.3) is 11.1 Å². The van der Waals surface area contributed by atoms with Crippen LogP contribution in [0.3, 0.4) is 0 Å². The van der Waals surface area contributed by atoms with E-state index in [1.54, 1.807) is 23.1 Å². The van der Waals surface area contributed by atoms with Gasteiger partial charge in [-0.05, 0) is 78.3 Å². The zero-order valence-corrected chi connectivity index (χ0v) is 24.3.